The van der Waals surface area contributed by atoms with Crippen LogP contribution in [0.3, 0.4) is 0 Å². The van der Waals surface area contributed by atoms with Gasteiger partial charge in [0.15, 0.2) is 0 Å². The summed E-state index contributed by atoms with van der Waals surface area (Å²) < 4.78 is 0. The number of carbonyl (C=O) groups excluding carboxylic acids is 2. The first-order valence-electron chi connectivity index (χ1n) is 11.7. The van der Waals surface area contributed by atoms with Gasteiger partial charge in [-0.05, 0) is 30.0 Å². The van der Waals surface area contributed by atoms with Crippen LogP contribution in [-0.2, 0) is 9.59 Å². The molecule has 10 heteroatoms. The molecule has 1 aromatic heterocycles. The fraction of sp³-hybridized carbons (Fsp3) is 0.500. The van der Waals surface area contributed by atoms with Crippen LogP contribution >= 0.6 is 11.6 Å². The van der Waals surface area contributed by atoms with E-state index in [4.69, 9.17) is 17.3 Å². The van der Waals surface area contributed by atoms with Gasteiger partial charge < -0.3 is 26.0 Å². The van der Waals surface area contributed by atoms with Crippen molar-refractivity contribution in [1.82, 2.24) is 20.2 Å². The number of halogens is 1. The van der Waals surface area contributed by atoms with Crippen LogP contribution in [0.15, 0.2) is 30.6 Å². The minimum absolute atomic E-state index is 0.0326. The summed E-state index contributed by atoms with van der Waals surface area (Å²) in [4.78, 5) is 37.5. The van der Waals surface area contributed by atoms with Crippen LogP contribution in [0.25, 0.3) is 0 Å². The summed E-state index contributed by atoms with van der Waals surface area (Å²) in [5.41, 5.74) is 7.85. The molecule has 1 unspecified atom stereocenters. The molecule has 182 valence electrons. The minimum Gasteiger partial charge on any atom is -0.387 e. The zero-order valence-electron chi connectivity index (χ0n) is 19.3. The van der Waals surface area contributed by atoms with Gasteiger partial charge >= 0.3 is 0 Å². The second-order valence-electron chi connectivity index (χ2n) is 8.99. The van der Waals surface area contributed by atoms with Crippen molar-refractivity contribution in [2.24, 2.45) is 5.73 Å². The molecule has 0 saturated carbocycles. The quantitative estimate of drug-likeness (QED) is 0.483. The molecule has 4 N–H and O–H groups in total. The SMILES string of the molecule is CC1C[C@H](O)c2ncnc(N3CCN(C(=O)[C@H](CNCCC(N)=O)c4ccc(Cl)cc4)CC3)c21. The van der Waals surface area contributed by atoms with Gasteiger partial charge in [-0.2, -0.15) is 0 Å². The zero-order chi connectivity index (χ0) is 24.2. The summed E-state index contributed by atoms with van der Waals surface area (Å²) in [6.45, 7) is 5.36. The van der Waals surface area contributed by atoms with Gasteiger partial charge in [-0.15, -0.1) is 0 Å². The number of hydrogen-bond acceptors (Lipinski definition) is 7. The monoisotopic (exact) mass is 486 g/mol. The molecule has 1 aliphatic carbocycles. The molecule has 4 rings (SSSR count). The van der Waals surface area contributed by atoms with Gasteiger partial charge in [0, 0.05) is 56.3 Å². The highest BCUT2D eigenvalue weighted by molar-refractivity contribution is 6.30. The number of aliphatic hydroxyl groups excluding tert-OH is 1. The lowest BCUT2D eigenvalue weighted by Crippen LogP contribution is -2.51. The van der Waals surface area contributed by atoms with Crippen LogP contribution in [0.1, 0.15) is 54.5 Å². The summed E-state index contributed by atoms with van der Waals surface area (Å²) in [7, 11) is 0. The van der Waals surface area contributed by atoms with Crippen molar-refractivity contribution in [3.8, 4) is 0 Å². The van der Waals surface area contributed by atoms with Crippen LogP contribution in [0.4, 0.5) is 5.82 Å². The molecule has 0 radical (unpaired) electrons. The third kappa shape index (κ3) is 5.32. The Morgan fingerprint density at radius 3 is 2.59 bits per heavy atom. The van der Waals surface area contributed by atoms with Gasteiger partial charge in [0.05, 0.1) is 17.7 Å². The number of aromatic nitrogens is 2. The van der Waals surface area contributed by atoms with Gasteiger partial charge in [0.25, 0.3) is 0 Å². The number of carbonyl (C=O) groups is 2. The van der Waals surface area contributed by atoms with E-state index >= 15 is 0 Å². The molecule has 1 aliphatic heterocycles. The largest absolute Gasteiger partial charge is 0.387 e. The maximum Gasteiger partial charge on any atom is 0.231 e. The van der Waals surface area contributed by atoms with Crippen molar-refractivity contribution in [2.45, 2.75) is 37.7 Å². The highest BCUT2D eigenvalue weighted by atomic mass is 35.5. The Bertz CT molecular complexity index is 1030. The van der Waals surface area contributed by atoms with Crippen molar-refractivity contribution in [3.63, 3.8) is 0 Å². The Morgan fingerprint density at radius 1 is 1.21 bits per heavy atom. The second-order valence-corrected chi connectivity index (χ2v) is 9.42. The van der Waals surface area contributed by atoms with E-state index in [1.807, 2.05) is 17.0 Å². The fourth-order valence-corrected chi connectivity index (χ4v) is 4.94. The number of primary amides is 1. The van der Waals surface area contributed by atoms with E-state index in [2.05, 4.69) is 27.1 Å². The molecule has 1 saturated heterocycles. The van der Waals surface area contributed by atoms with Crippen LogP contribution in [-0.4, -0.2) is 71.1 Å². The van der Waals surface area contributed by atoms with Crippen molar-refractivity contribution >= 4 is 29.2 Å². The van der Waals surface area contributed by atoms with Crippen LogP contribution in [0, 0.1) is 0 Å². The average molecular weight is 487 g/mol. The molecule has 3 atom stereocenters. The number of anilines is 1. The number of nitrogens with two attached hydrogens (primary N) is 1. The third-order valence-electron chi connectivity index (χ3n) is 6.64. The van der Waals surface area contributed by atoms with Gasteiger partial charge in [0.2, 0.25) is 11.8 Å². The van der Waals surface area contributed by atoms with E-state index in [0.29, 0.717) is 50.7 Å². The third-order valence-corrected chi connectivity index (χ3v) is 6.89. The smallest absolute Gasteiger partial charge is 0.231 e. The zero-order valence-corrected chi connectivity index (χ0v) is 20.0. The topological polar surface area (TPSA) is 125 Å². The Morgan fingerprint density at radius 2 is 1.91 bits per heavy atom. The van der Waals surface area contributed by atoms with Crippen molar-refractivity contribution in [3.05, 3.63) is 52.4 Å². The predicted octanol–water partition coefficient (Wildman–Crippen LogP) is 1.57. The highest BCUT2D eigenvalue weighted by Crippen LogP contribution is 2.42. The number of hydrogen-bond donors (Lipinski definition) is 3. The van der Waals surface area contributed by atoms with E-state index in [-0.39, 0.29) is 24.2 Å². The lowest BCUT2D eigenvalue weighted by Gasteiger charge is -2.38. The summed E-state index contributed by atoms with van der Waals surface area (Å²) in [5.74, 6) is 0.321. The van der Waals surface area contributed by atoms with Crippen molar-refractivity contribution < 1.29 is 14.7 Å². The molecular formula is C24H31ClN6O3. The number of benzene rings is 1. The molecule has 1 fully saturated rings. The van der Waals surface area contributed by atoms with E-state index in [9.17, 15) is 14.7 Å². The number of nitrogens with one attached hydrogen (secondary N) is 1. The molecule has 2 amide bonds. The number of rotatable bonds is 8. The standard InChI is InChI=1S/C24H31ClN6O3/c1-15-12-19(32)22-21(15)23(29-14-28-22)30-8-10-31(11-9-30)24(34)18(13-27-7-6-20(26)33)16-2-4-17(25)5-3-16/h2-5,14-15,18-19,27,32H,6-13H2,1H3,(H2,26,33)/t15?,18-,19+/m1/s1. The molecule has 34 heavy (non-hydrogen) atoms. The lowest BCUT2D eigenvalue weighted by atomic mass is 9.97. The van der Waals surface area contributed by atoms with Gasteiger partial charge in [0.1, 0.15) is 12.1 Å². The molecule has 2 aliphatic rings. The van der Waals surface area contributed by atoms with Crippen molar-refractivity contribution in [1.29, 1.82) is 0 Å². The highest BCUT2D eigenvalue weighted by Gasteiger charge is 2.35. The fourth-order valence-electron chi connectivity index (χ4n) is 4.81. The second kappa shape index (κ2) is 10.7. The Balaban J connectivity index is 1.44. The predicted molar refractivity (Wildman–Crippen MR) is 130 cm³/mol. The molecule has 9 nitrogen and oxygen atoms in total. The lowest BCUT2D eigenvalue weighted by molar-refractivity contribution is -0.133. The van der Waals surface area contributed by atoms with Crippen LogP contribution in [0.2, 0.25) is 5.02 Å². The van der Waals surface area contributed by atoms with Crippen molar-refractivity contribution in [2.75, 3.05) is 44.2 Å². The van der Waals surface area contributed by atoms with Gasteiger partial charge in [-0.3, -0.25) is 9.59 Å². The van der Waals surface area contributed by atoms with Gasteiger partial charge in [-0.1, -0.05) is 30.7 Å². The maximum absolute atomic E-state index is 13.5. The first-order chi connectivity index (χ1) is 16.3. The first-order valence-corrected chi connectivity index (χ1v) is 12.0. The molecule has 0 spiro atoms. The van der Waals surface area contributed by atoms with Crippen LogP contribution < -0.4 is 16.0 Å². The number of fused-ring (bicyclic) bond motifs is 1. The molecular weight excluding hydrogens is 456 g/mol. The molecule has 0 bridgehead atoms. The van der Waals surface area contributed by atoms with Crippen LogP contribution in [0.5, 0.6) is 0 Å². The number of aliphatic hydroxyl groups is 1. The summed E-state index contributed by atoms with van der Waals surface area (Å²) in [6.07, 6.45) is 1.85. The van der Waals surface area contributed by atoms with E-state index in [0.717, 1.165) is 22.6 Å². The summed E-state index contributed by atoms with van der Waals surface area (Å²) in [5, 5.41) is 14.1. The normalized spacial score (nSPS) is 20.8. The first kappa shape index (κ1) is 24.4. The van der Waals surface area contributed by atoms with E-state index in [1.165, 1.54) is 6.33 Å². The molecule has 2 aromatic rings. The average Bonchev–Trinajstić information content (AvgIpc) is 3.13. The van der Waals surface area contributed by atoms with Gasteiger partial charge in [-0.25, -0.2) is 9.97 Å². The molecule has 1 aromatic carbocycles. The Kier molecular flexibility index (Phi) is 7.65. The summed E-state index contributed by atoms with van der Waals surface area (Å²) in [6, 6.07) is 7.30. The number of piperazine rings is 1. The molecule has 2 heterocycles. The number of amides is 2. The number of nitrogens with zero attached hydrogens (tertiary/aromatic N) is 4. The Hall–Kier alpha value is -2.75. The van der Waals surface area contributed by atoms with E-state index < -0.39 is 12.0 Å². The maximum atomic E-state index is 13.5. The minimum atomic E-state index is -0.545. The summed E-state index contributed by atoms with van der Waals surface area (Å²) >= 11 is 6.05. The Labute approximate surface area is 204 Å². The van der Waals surface area contributed by atoms with E-state index in [1.54, 1.807) is 12.1 Å².